The number of hydrogen-bond acceptors (Lipinski definition) is 4. The first-order valence-corrected chi connectivity index (χ1v) is 9.35. The zero-order valence-electron chi connectivity index (χ0n) is 15.4. The molecule has 2 aliphatic heterocycles. The molecule has 7 heteroatoms. The summed E-state index contributed by atoms with van der Waals surface area (Å²) in [5, 5.41) is 11.5. The Morgan fingerprint density at radius 3 is 3.12 bits per heavy atom. The largest absolute Gasteiger partial charge is 0.493 e. The summed E-state index contributed by atoms with van der Waals surface area (Å²) in [4.78, 5) is 9.00. The van der Waals surface area contributed by atoms with Crippen LogP contribution in [-0.2, 0) is 6.54 Å². The molecular weight excluding hydrogens is 328 g/mol. The van der Waals surface area contributed by atoms with Gasteiger partial charge < -0.3 is 15.4 Å². The van der Waals surface area contributed by atoms with Crippen molar-refractivity contribution in [1.29, 1.82) is 0 Å². The number of nitrogens with one attached hydrogen (secondary N) is 2. The van der Waals surface area contributed by atoms with Gasteiger partial charge in [-0.05, 0) is 37.8 Å². The molecule has 138 valence electrons. The van der Waals surface area contributed by atoms with Crippen LogP contribution in [0.3, 0.4) is 0 Å². The molecule has 1 aromatic carbocycles. The Morgan fingerprint density at radius 2 is 2.23 bits per heavy atom. The third-order valence-corrected chi connectivity index (χ3v) is 5.11. The van der Waals surface area contributed by atoms with E-state index in [0.717, 1.165) is 62.3 Å². The van der Waals surface area contributed by atoms with Crippen LogP contribution >= 0.6 is 0 Å². The van der Waals surface area contributed by atoms with Crippen LogP contribution < -0.4 is 15.4 Å². The fraction of sp³-hybridized carbons (Fsp3) is 0.526. The topological polar surface area (TPSA) is 76.4 Å². The number of aliphatic imine (C=N–C) groups is 1. The second-order valence-electron chi connectivity index (χ2n) is 6.90. The van der Waals surface area contributed by atoms with E-state index in [4.69, 9.17) is 4.74 Å². The molecule has 2 aliphatic rings. The van der Waals surface area contributed by atoms with Gasteiger partial charge in [0.2, 0.25) is 0 Å². The molecule has 2 atom stereocenters. The number of hydrogen-bond donors (Lipinski definition) is 2. The number of benzene rings is 1. The lowest BCUT2D eigenvalue weighted by Gasteiger charge is -2.28. The van der Waals surface area contributed by atoms with Gasteiger partial charge in [-0.15, -0.1) is 0 Å². The van der Waals surface area contributed by atoms with Crippen LogP contribution in [0.2, 0.25) is 0 Å². The molecule has 0 aliphatic carbocycles. The number of ether oxygens (including phenoxy) is 1. The molecule has 2 aromatic rings. The van der Waals surface area contributed by atoms with Gasteiger partial charge in [0.15, 0.2) is 5.96 Å². The van der Waals surface area contributed by atoms with E-state index >= 15 is 0 Å². The highest BCUT2D eigenvalue weighted by Gasteiger charge is 2.25. The molecule has 1 aromatic heterocycles. The van der Waals surface area contributed by atoms with E-state index in [2.05, 4.69) is 37.8 Å². The number of guanidine groups is 1. The maximum Gasteiger partial charge on any atom is 0.191 e. The first-order valence-electron chi connectivity index (χ1n) is 9.35. The Bertz CT molecular complexity index is 799. The third-order valence-electron chi connectivity index (χ3n) is 5.11. The van der Waals surface area contributed by atoms with Crippen LogP contribution in [-0.4, -0.2) is 40.9 Å². The van der Waals surface area contributed by atoms with Gasteiger partial charge in [-0.2, -0.15) is 5.10 Å². The van der Waals surface area contributed by atoms with Crippen molar-refractivity contribution in [2.75, 3.05) is 20.2 Å². The second-order valence-corrected chi connectivity index (χ2v) is 6.90. The van der Waals surface area contributed by atoms with Gasteiger partial charge in [0.1, 0.15) is 17.4 Å². The van der Waals surface area contributed by atoms with Gasteiger partial charge >= 0.3 is 0 Å². The Balaban J connectivity index is 1.41. The van der Waals surface area contributed by atoms with Gasteiger partial charge in [0.25, 0.3) is 0 Å². The predicted octanol–water partition coefficient (Wildman–Crippen LogP) is 2.15. The number of aryl methyl sites for hydroxylation is 2. The minimum absolute atomic E-state index is 0.151. The Morgan fingerprint density at radius 1 is 1.35 bits per heavy atom. The summed E-state index contributed by atoms with van der Waals surface area (Å²) in [6, 6.07) is 8.45. The summed E-state index contributed by atoms with van der Waals surface area (Å²) in [5.74, 6) is 4.08. The molecule has 0 saturated carbocycles. The van der Waals surface area contributed by atoms with E-state index in [0.29, 0.717) is 5.92 Å². The van der Waals surface area contributed by atoms with Crippen LogP contribution in [0, 0.1) is 6.92 Å². The summed E-state index contributed by atoms with van der Waals surface area (Å²) in [6.45, 7) is 4.48. The summed E-state index contributed by atoms with van der Waals surface area (Å²) < 4.78 is 7.77. The van der Waals surface area contributed by atoms with E-state index in [9.17, 15) is 0 Å². The normalized spacial score (nSPS) is 22.2. The average Bonchev–Trinajstić information content (AvgIpc) is 3.06. The summed E-state index contributed by atoms with van der Waals surface area (Å²) >= 11 is 0. The number of nitrogens with zero attached hydrogens (tertiary/aromatic N) is 4. The van der Waals surface area contributed by atoms with Crippen molar-refractivity contribution in [1.82, 2.24) is 25.4 Å². The zero-order valence-corrected chi connectivity index (χ0v) is 15.4. The first kappa shape index (κ1) is 16.9. The average molecular weight is 354 g/mol. The fourth-order valence-electron chi connectivity index (χ4n) is 3.81. The Kier molecular flexibility index (Phi) is 4.77. The quantitative estimate of drug-likeness (QED) is 0.652. The Labute approximate surface area is 153 Å². The molecule has 0 bridgehead atoms. The molecule has 2 N–H and O–H groups in total. The molecule has 0 saturated heterocycles. The molecule has 2 unspecified atom stereocenters. The van der Waals surface area contributed by atoms with E-state index in [1.54, 1.807) is 0 Å². The lowest BCUT2D eigenvalue weighted by molar-refractivity contribution is 0.267. The molecule has 4 rings (SSSR count). The van der Waals surface area contributed by atoms with Gasteiger partial charge in [-0.3, -0.25) is 4.99 Å². The van der Waals surface area contributed by atoms with Crippen molar-refractivity contribution in [3.8, 4) is 5.75 Å². The minimum atomic E-state index is 0.151. The number of aromatic nitrogens is 3. The van der Waals surface area contributed by atoms with Crippen molar-refractivity contribution in [2.24, 2.45) is 4.99 Å². The van der Waals surface area contributed by atoms with Gasteiger partial charge in [-0.25, -0.2) is 9.67 Å². The molecule has 26 heavy (non-hydrogen) atoms. The smallest absolute Gasteiger partial charge is 0.191 e. The number of fused-ring (bicyclic) bond motifs is 2. The summed E-state index contributed by atoms with van der Waals surface area (Å²) in [6.07, 6.45) is 3.15. The number of para-hydroxylation sites is 1. The summed E-state index contributed by atoms with van der Waals surface area (Å²) in [5.41, 5.74) is 1.27. The van der Waals surface area contributed by atoms with Crippen LogP contribution in [0.5, 0.6) is 5.75 Å². The highest BCUT2D eigenvalue weighted by Crippen LogP contribution is 2.32. The molecule has 0 spiro atoms. The highest BCUT2D eigenvalue weighted by molar-refractivity contribution is 5.80. The van der Waals surface area contributed by atoms with Gasteiger partial charge in [-0.1, -0.05) is 18.2 Å². The molecule has 7 nitrogen and oxygen atoms in total. The SMILES string of the molecule is CN=C(NCC1CCOc2ccccc21)NC1CCCn2nc(C)nc21. The van der Waals surface area contributed by atoms with E-state index < -0.39 is 0 Å². The first-order chi connectivity index (χ1) is 12.7. The van der Waals surface area contributed by atoms with Gasteiger partial charge in [0, 0.05) is 26.1 Å². The Hall–Kier alpha value is -2.57. The van der Waals surface area contributed by atoms with Crippen molar-refractivity contribution in [2.45, 2.75) is 44.7 Å². The van der Waals surface area contributed by atoms with E-state index in [1.165, 1.54) is 5.56 Å². The standard InChI is InChI=1S/C19H26N6O/c1-13-22-18-16(7-5-10-25(18)24-13)23-19(20-2)21-12-14-9-11-26-17-8-4-3-6-15(14)17/h3-4,6,8,14,16H,5,7,9-12H2,1-2H3,(H2,20,21,23). The van der Waals surface area contributed by atoms with E-state index in [-0.39, 0.29) is 6.04 Å². The highest BCUT2D eigenvalue weighted by atomic mass is 16.5. The van der Waals surface area contributed by atoms with Crippen LogP contribution in [0.25, 0.3) is 0 Å². The number of rotatable bonds is 3. The van der Waals surface area contributed by atoms with E-state index in [1.807, 2.05) is 30.8 Å². The predicted molar refractivity (Wildman–Crippen MR) is 101 cm³/mol. The summed E-state index contributed by atoms with van der Waals surface area (Å²) in [7, 11) is 1.81. The van der Waals surface area contributed by atoms with Crippen molar-refractivity contribution in [3.63, 3.8) is 0 Å². The van der Waals surface area contributed by atoms with Crippen LogP contribution in [0.15, 0.2) is 29.3 Å². The molecule has 0 amide bonds. The molecule has 0 fully saturated rings. The lowest BCUT2D eigenvalue weighted by Crippen LogP contribution is -2.43. The third kappa shape index (κ3) is 3.38. The van der Waals surface area contributed by atoms with Crippen LogP contribution in [0.1, 0.15) is 48.4 Å². The monoisotopic (exact) mass is 354 g/mol. The maximum absolute atomic E-state index is 5.76. The van der Waals surface area contributed by atoms with Gasteiger partial charge in [0.05, 0.1) is 12.6 Å². The molecule has 3 heterocycles. The lowest BCUT2D eigenvalue weighted by atomic mass is 9.93. The second kappa shape index (κ2) is 7.35. The molecule has 0 radical (unpaired) electrons. The van der Waals surface area contributed by atoms with Crippen LogP contribution in [0.4, 0.5) is 0 Å². The zero-order chi connectivity index (χ0) is 17.9. The van der Waals surface area contributed by atoms with Crippen molar-refractivity contribution in [3.05, 3.63) is 41.5 Å². The van der Waals surface area contributed by atoms with Crippen molar-refractivity contribution >= 4 is 5.96 Å². The molecular formula is C19H26N6O. The maximum atomic E-state index is 5.76. The fourth-order valence-corrected chi connectivity index (χ4v) is 3.81. The minimum Gasteiger partial charge on any atom is -0.493 e. The van der Waals surface area contributed by atoms with Crippen molar-refractivity contribution < 1.29 is 4.74 Å².